The molecule has 184 valence electrons. The highest BCUT2D eigenvalue weighted by atomic mass is 19.4. The molecule has 0 saturated heterocycles. The Kier molecular flexibility index (Phi) is 10.2. The topological polar surface area (TPSA) is 108 Å². The first kappa shape index (κ1) is 26.5. The standard InChI is InChI=1S/C23H28F3N5O3/c1-3-5-6-10-18-15-29-21(30-18)31-19(16-8-7-9-17(13-16)23(24,25)26)14-20(32)28-11-12-34-22(33)27-4-2/h3,5-10,13,15,19H,4,11-12,14H2,1-2H3,(H,27,33)(H,28,32)(H2,29,30,31)/b5-3-,10-6-. The number of alkyl halides is 3. The summed E-state index contributed by atoms with van der Waals surface area (Å²) in [5, 5.41) is 8.05. The summed E-state index contributed by atoms with van der Waals surface area (Å²) in [5.74, 6) is -0.135. The number of nitrogens with one attached hydrogen (secondary N) is 4. The van der Waals surface area contributed by atoms with Crippen molar-refractivity contribution in [2.45, 2.75) is 32.5 Å². The van der Waals surface area contributed by atoms with Gasteiger partial charge in [0.15, 0.2) is 0 Å². The number of aromatic nitrogens is 2. The number of carbonyl (C=O) groups excluding carboxylic acids is 2. The molecular formula is C23H28F3N5O3. The van der Waals surface area contributed by atoms with E-state index in [1.165, 1.54) is 12.1 Å². The number of carbonyl (C=O) groups is 2. The number of halogens is 3. The molecule has 0 spiro atoms. The van der Waals surface area contributed by atoms with Gasteiger partial charge < -0.3 is 25.7 Å². The van der Waals surface area contributed by atoms with Gasteiger partial charge in [-0.15, -0.1) is 0 Å². The molecule has 1 unspecified atom stereocenters. The van der Waals surface area contributed by atoms with Gasteiger partial charge in [0, 0.05) is 6.54 Å². The van der Waals surface area contributed by atoms with Gasteiger partial charge >= 0.3 is 12.3 Å². The third kappa shape index (κ3) is 9.00. The Morgan fingerprint density at radius 1 is 1.24 bits per heavy atom. The van der Waals surface area contributed by atoms with Crippen LogP contribution in [0, 0.1) is 0 Å². The van der Waals surface area contributed by atoms with Crippen molar-refractivity contribution in [3.8, 4) is 0 Å². The smallest absolute Gasteiger partial charge is 0.416 e. The van der Waals surface area contributed by atoms with Crippen LogP contribution in [0.15, 0.2) is 48.7 Å². The average Bonchev–Trinajstić information content (AvgIpc) is 3.23. The Labute approximate surface area is 195 Å². The van der Waals surface area contributed by atoms with Crippen LogP contribution in [0.3, 0.4) is 0 Å². The summed E-state index contributed by atoms with van der Waals surface area (Å²) < 4.78 is 44.5. The van der Waals surface area contributed by atoms with Gasteiger partial charge in [-0.3, -0.25) is 4.79 Å². The number of hydrogen-bond acceptors (Lipinski definition) is 5. The number of H-pyrrole nitrogens is 1. The van der Waals surface area contributed by atoms with Gasteiger partial charge in [0.25, 0.3) is 0 Å². The molecule has 8 nitrogen and oxygen atoms in total. The second kappa shape index (κ2) is 13.1. The maximum Gasteiger partial charge on any atom is 0.416 e. The van der Waals surface area contributed by atoms with E-state index in [-0.39, 0.29) is 25.1 Å². The number of ether oxygens (including phenoxy) is 1. The second-order valence-electron chi connectivity index (χ2n) is 7.11. The Hall–Kier alpha value is -3.76. The van der Waals surface area contributed by atoms with Crippen molar-refractivity contribution in [1.82, 2.24) is 20.6 Å². The highest BCUT2D eigenvalue weighted by Crippen LogP contribution is 2.32. The maximum absolute atomic E-state index is 13.2. The summed E-state index contributed by atoms with van der Waals surface area (Å²) in [6.07, 6.45) is 3.54. The van der Waals surface area contributed by atoms with Crippen LogP contribution in [0.25, 0.3) is 6.08 Å². The zero-order chi connectivity index (χ0) is 25.0. The van der Waals surface area contributed by atoms with Crippen molar-refractivity contribution >= 4 is 24.0 Å². The summed E-state index contributed by atoms with van der Waals surface area (Å²) in [6, 6.07) is 3.96. The van der Waals surface area contributed by atoms with Crippen LogP contribution in [-0.4, -0.2) is 41.7 Å². The van der Waals surface area contributed by atoms with Gasteiger partial charge in [0.05, 0.1) is 36.5 Å². The Bertz CT molecular complexity index is 1000. The lowest BCUT2D eigenvalue weighted by Gasteiger charge is -2.20. The molecule has 2 rings (SSSR count). The molecule has 0 fully saturated rings. The van der Waals surface area contributed by atoms with Crippen LogP contribution in [0.5, 0.6) is 0 Å². The number of alkyl carbamates (subject to hydrolysis) is 1. The molecule has 1 atom stereocenters. The first-order valence-electron chi connectivity index (χ1n) is 10.7. The number of allylic oxidation sites excluding steroid dienone is 3. The Morgan fingerprint density at radius 3 is 2.74 bits per heavy atom. The fourth-order valence-electron chi connectivity index (χ4n) is 2.90. The third-order valence-corrected chi connectivity index (χ3v) is 4.47. The Morgan fingerprint density at radius 2 is 2.03 bits per heavy atom. The first-order chi connectivity index (χ1) is 16.2. The van der Waals surface area contributed by atoms with E-state index in [1.54, 1.807) is 25.3 Å². The molecule has 34 heavy (non-hydrogen) atoms. The highest BCUT2D eigenvalue weighted by molar-refractivity contribution is 5.77. The quantitative estimate of drug-likeness (QED) is 0.282. The van der Waals surface area contributed by atoms with Gasteiger partial charge in [0.1, 0.15) is 6.61 Å². The highest BCUT2D eigenvalue weighted by Gasteiger charge is 2.31. The molecule has 4 N–H and O–H groups in total. The molecule has 0 saturated carbocycles. The number of benzene rings is 1. The fourth-order valence-corrected chi connectivity index (χ4v) is 2.90. The molecule has 0 aliphatic rings. The number of amides is 2. The van der Waals surface area contributed by atoms with Crippen LogP contribution in [0.4, 0.5) is 23.9 Å². The minimum absolute atomic E-state index is 0.0423. The molecule has 0 radical (unpaired) electrons. The van der Waals surface area contributed by atoms with Crippen LogP contribution >= 0.6 is 0 Å². The largest absolute Gasteiger partial charge is 0.448 e. The van der Waals surface area contributed by atoms with E-state index in [1.807, 2.05) is 19.1 Å². The number of anilines is 1. The fraction of sp³-hybridized carbons (Fsp3) is 0.348. The summed E-state index contributed by atoms with van der Waals surface area (Å²) in [7, 11) is 0. The van der Waals surface area contributed by atoms with E-state index in [2.05, 4.69) is 25.9 Å². The van der Waals surface area contributed by atoms with Crippen molar-refractivity contribution in [1.29, 1.82) is 0 Å². The van der Waals surface area contributed by atoms with Gasteiger partial charge in [-0.25, -0.2) is 9.78 Å². The zero-order valence-electron chi connectivity index (χ0n) is 18.9. The van der Waals surface area contributed by atoms with Crippen LogP contribution in [-0.2, 0) is 15.7 Å². The van der Waals surface area contributed by atoms with Crippen LogP contribution < -0.4 is 16.0 Å². The summed E-state index contributed by atoms with van der Waals surface area (Å²) >= 11 is 0. The van der Waals surface area contributed by atoms with Crippen molar-refractivity contribution in [2.24, 2.45) is 0 Å². The SMILES string of the molecule is C/C=C\C=C/c1cnc(NC(CC(=O)NCCOC(=O)NCC)c2cccc(C(F)(F)F)c2)[nH]1. The zero-order valence-corrected chi connectivity index (χ0v) is 18.9. The molecule has 1 aromatic heterocycles. The van der Waals surface area contributed by atoms with Crippen molar-refractivity contribution in [2.75, 3.05) is 25.0 Å². The molecule has 0 aliphatic carbocycles. The van der Waals surface area contributed by atoms with Crippen molar-refractivity contribution < 1.29 is 27.5 Å². The predicted molar refractivity (Wildman–Crippen MR) is 123 cm³/mol. The number of aromatic amines is 1. The van der Waals surface area contributed by atoms with Gasteiger partial charge in [-0.1, -0.05) is 30.4 Å². The maximum atomic E-state index is 13.2. The normalized spacial score (nSPS) is 12.6. The van der Waals surface area contributed by atoms with Gasteiger partial charge in [0.2, 0.25) is 11.9 Å². The lowest BCUT2D eigenvalue weighted by atomic mass is 10.0. The number of rotatable bonds is 11. The Balaban J connectivity index is 2.12. The van der Waals surface area contributed by atoms with Crippen molar-refractivity contribution in [3.05, 3.63) is 65.5 Å². The van der Waals surface area contributed by atoms with Crippen LogP contribution in [0.2, 0.25) is 0 Å². The third-order valence-electron chi connectivity index (χ3n) is 4.47. The molecule has 2 aromatic rings. The van der Waals surface area contributed by atoms with E-state index in [4.69, 9.17) is 4.74 Å². The summed E-state index contributed by atoms with van der Waals surface area (Å²) in [4.78, 5) is 31.0. The summed E-state index contributed by atoms with van der Waals surface area (Å²) in [6.45, 7) is 4.05. The lowest BCUT2D eigenvalue weighted by molar-refractivity contribution is -0.137. The van der Waals surface area contributed by atoms with Gasteiger partial charge in [-0.2, -0.15) is 13.2 Å². The van der Waals surface area contributed by atoms with Gasteiger partial charge in [-0.05, 0) is 37.6 Å². The van der Waals surface area contributed by atoms with E-state index in [0.717, 1.165) is 12.1 Å². The molecule has 1 aromatic carbocycles. The first-order valence-corrected chi connectivity index (χ1v) is 10.7. The number of imidazole rings is 1. The van der Waals surface area contributed by atoms with E-state index < -0.39 is 29.8 Å². The lowest BCUT2D eigenvalue weighted by Crippen LogP contribution is -2.32. The molecule has 0 aliphatic heterocycles. The minimum Gasteiger partial charge on any atom is -0.448 e. The molecule has 11 heteroatoms. The summed E-state index contributed by atoms with van der Waals surface area (Å²) in [5.41, 5.74) is 0.128. The minimum atomic E-state index is -4.52. The average molecular weight is 480 g/mol. The van der Waals surface area contributed by atoms with Crippen molar-refractivity contribution in [3.63, 3.8) is 0 Å². The second-order valence-corrected chi connectivity index (χ2v) is 7.11. The predicted octanol–water partition coefficient (Wildman–Crippen LogP) is 4.42. The van der Waals surface area contributed by atoms with E-state index in [9.17, 15) is 22.8 Å². The monoisotopic (exact) mass is 479 g/mol. The molecule has 0 bridgehead atoms. The van der Waals surface area contributed by atoms with E-state index in [0.29, 0.717) is 18.2 Å². The van der Waals surface area contributed by atoms with Crippen LogP contribution in [0.1, 0.15) is 43.1 Å². The molecule has 2 amide bonds. The molecule has 1 heterocycles. The number of nitrogens with zero attached hydrogens (tertiary/aromatic N) is 1. The molecular weight excluding hydrogens is 451 g/mol. The number of hydrogen-bond donors (Lipinski definition) is 4. The van der Waals surface area contributed by atoms with E-state index >= 15 is 0 Å².